The van der Waals surface area contributed by atoms with Crippen molar-refractivity contribution in [3.63, 3.8) is 0 Å². The Bertz CT molecular complexity index is 668. The summed E-state index contributed by atoms with van der Waals surface area (Å²) in [6, 6.07) is 16.0. The van der Waals surface area contributed by atoms with Crippen LogP contribution in [0.1, 0.15) is 28.8 Å². The zero-order valence-corrected chi connectivity index (χ0v) is 14.0. The minimum absolute atomic E-state index is 0.0529. The van der Waals surface area contributed by atoms with E-state index in [1.54, 1.807) is 13.2 Å². The summed E-state index contributed by atoms with van der Waals surface area (Å²) in [4.78, 5) is 14.9. The van der Waals surface area contributed by atoms with Gasteiger partial charge in [0.15, 0.2) is 0 Å². The zero-order valence-electron chi connectivity index (χ0n) is 12.5. The van der Waals surface area contributed by atoms with Crippen LogP contribution >= 0.6 is 15.9 Å². The van der Waals surface area contributed by atoms with Crippen LogP contribution in [0.4, 0.5) is 0 Å². The summed E-state index contributed by atoms with van der Waals surface area (Å²) in [7, 11) is 1.61. The van der Waals surface area contributed by atoms with Crippen molar-refractivity contribution in [1.82, 2.24) is 4.90 Å². The Morgan fingerprint density at radius 1 is 1.23 bits per heavy atom. The van der Waals surface area contributed by atoms with Crippen LogP contribution < -0.4 is 4.74 Å². The third-order valence-electron chi connectivity index (χ3n) is 3.85. The van der Waals surface area contributed by atoms with Gasteiger partial charge in [0.05, 0.1) is 12.7 Å². The lowest BCUT2D eigenvalue weighted by atomic mass is 10.1. The predicted molar refractivity (Wildman–Crippen MR) is 90.0 cm³/mol. The molecule has 1 aliphatic carbocycles. The van der Waals surface area contributed by atoms with Crippen molar-refractivity contribution >= 4 is 21.8 Å². The molecular weight excluding hydrogens is 342 g/mol. The first-order valence-electron chi connectivity index (χ1n) is 7.37. The number of amides is 1. The van der Waals surface area contributed by atoms with Gasteiger partial charge in [-0.25, -0.2) is 0 Å². The Kier molecular flexibility index (Phi) is 4.48. The zero-order chi connectivity index (χ0) is 15.5. The fourth-order valence-electron chi connectivity index (χ4n) is 2.48. The third-order valence-corrected chi connectivity index (χ3v) is 4.54. The van der Waals surface area contributed by atoms with E-state index in [1.165, 1.54) is 0 Å². The van der Waals surface area contributed by atoms with Gasteiger partial charge >= 0.3 is 0 Å². The van der Waals surface area contributed by atoms with E-state index in [0.29, 0.717) is 23.9 Å². The largest absolute Gasteiger partial charge is 0.497 e. The number of methoxy groups -OCH3 is 1. The van der Waals surface area contributed by atoms with Gasteiger partial charge in [-0.3, -0.25) is 4.79 Å². The third kappa shape index (κ3) is 3.33. The molecule has 0 saturated heterocycles. The van der Waals surface area contributed by atoms with Crippen LogP contribution in [0.15, 0.2) is 53.0 Å². The van der Waals surface area contributed by atoms with Crippen LogP contribution in [-0.4, -0.2) is 24.0 Å². The number of nitrogens with zero attached hydrogens (tertiary/aromatic N) is 1. The van der Waals surface area contributed by atoms with Gasteiger partial charge in [0, 0.05) is 17.1 Å². The summed E-state index contributed by atoms with van der Waals surface area (Å²) in [5.41, 5.74) is 1.81. The summed E-state index contributed by atoms with van der Waals surface area (Å²) in [5, 5.41) is 0. The van der Waals surface area contributed by atoms with Gasteiger partial charge in [-0.1, -0.05) is 30.3 Å². The second kappa shape index (κ2) is 6.53. The lowest BCUT2D eigenvalue weighted by molar-refractivity contribution is 0.0728. The normalized spacial score (nSPS) is 13.7. The first kappa shape index (κ1) is 15.1. The summed E-state index contributed by atoms with van der Waals surface area (Å²) >= 11 is 3.48. The topological polar surface area (TPSA) is 29.5 Å². The molecule has 22 heavy (non-hydrogen) atoms. The molecule has 3 rings (SSSR count). The molecule has 0 unspecified atom stereocenters. The number of benzene rings is 2. The van der Waals surface area contributed by atoms with Crippen LogP contribution in [0.2, 0.25) is 0 Å². The highest BCUT2D eigenvalue weighted by molar-refractivity contribution is 9.10. The second-order valence-corrected chi connectivity index (χ2v) is 6.35. The number of halogens is 1. The van der Waals surface area contributed by atoms with Gasteiger partial charge in [-0.05, 0) is 52.5 Å². The van der Waals surface area contributed by atoms with Crippen LogP contribution in [0.3, 0.4) is 0 Å². The summed E-state index contributed by atoms with van der Waals surface area (Å²) < 4.78 is 6.05. The van der Waals surface area contributed by atoms with E-state index in [4.69, 9.17) is 4.74 Å². The van der Waals surface area contributed by atoms with Gasteiger partial charge < -0.3 is 9.64 Å². The summed E-state index contributed by atoms with van der Waals surface area (Å²) in [6.45, 7) is 0.647. The maximum Gasteiger partial charge on any atom is 0.255 e. The molecule has 114 valence electrons. The molecule has 3 nitrogen and oxygen atoms in total. The summed E-state index contributed by atoms with van der Waals surface area (Å²) in [5.74, 6) is 0.749. The highest BCUT2D eigenvalue weighted by Gasteiger charge is 2.33. The molecule has 0 atom stereocenters. The molecule has 0 N–H and O–H groups in total. The Morgan fingerprint density at radius 3 is 2.59 bits per heavy atom. The average Bonchev–Trinajstić information content (AvgIpc) is 3.38. The van der Waals surface area contributed by atoms with Gasteiger partial charge in [-0.15, -0.1) is 0 Å². The smallest absolute Gasteiger partial charge is 0.255 e. The highest BCUT2D eigenvalue weighted by Crippen LogP contribution is 2.32. The van der Waals surface area contributed by atoms with Gasteiger partial charge in [0.2, 0.25) is 0 Å². The van der Waals surface area contributed by atoms with Crippen LogP contribution in [-0.2, 0) is 6.54 Å². The number of carbonyl (C=O) groups excluding carboxylic acids is 1. The molecule has 1 aliphatic rings. The average molecular weight is 360 g/mol. The molecule has 0 aliphatic heterocycles. The van der Waals surface area contributed by atoms with E-state index < -0.39 is 0 Å². The number of rotatable bonds is 5. The van der Waals surface area contributed by atoms with Gasteiger partial charge in [-0.2, -0.15) is 0 Å². The quantitative estimate of drug-likeness (QED) is 0.797. The van der Waals surface area contributed by atoms with Crippen molar-refractivity contribution in [2.45, 2.75) is 25.4 Å². The fourth-order valence-corrected chi connectivity index (χ4v) is 2.90. The molecule has 0 spiro atoms. The molecule has 1 amide bonds. The second-order valence-electron chi connectivity index (χ2n) is 5.50. The molecular formula is C18H18BrNO2. The molecule has 2 aromatic carbocycles. The minimum Gasteiger partial charge on any atom is -0.497 e. The van der Waals surface area contributed by atoms with Gasteiger partial charge in [0.25, 0.3) is 5.91 Å². The van der Waals surface area contributed by atoms with E-state index in [0.717, 1.165) is 22.9 Å². The van der Waals surface area contributed by atoms with Crippen molar-refractivity contribution in [3.8, 4) is 5.75 Å². The van der Waals surface area contributed by atoms with E-state index in [-0.39, 0.29) is 5.91 Å². The fraction of sp³-hybridized carbons (Fsp3) is 0.278. The standard InChI is InChI=1S/C18H18BrNO2/c1-22-15-9-10-17(19)16(11-15)18(21)20(14-7-8-14)12-13-5-3-2-4-6-13/h2-6,9-11,14H,7-8,12H2,1H3. The molecule has 0 heterocycles. The molecule has 1 saturated carbocycles. The van der Waals surface area contributed by atoms with Crippen LogP contribution in [0.5, 0.6) is 5.75 Å². The van der Waals surface area contributed by atoms with Crippen molar-refractivity contribution in [3.05, 3.63) is 64.1 Å². The lowest BCUT2D eigenvalue weighted by Gasteiger charge is -2.23. The highest BCUT2D eigenvalue weighted by atomic mass is 79.9. The maximum absolute atomic E-state index is 13.0. The van der Waals surface area contributed by atoms with Crippen molar-refractivity contribution in [1.29, 1.82) is 0 Å². The number of hydrogen-bond acceptors (Lipinski definition) is 2. The molecule has 4 heteroatoms. The minimum atomic E-state index is 0.0529. The Morgan fingerprint density at radius 2 is 1.95 bits per heavy atom. The SMILES string of the molecule is COc1ccc(Br)c(C(=O)N(Cc2ccccc2)C2CC2)c1. The monoisotopic (exact) mass is 359 g/mol. The first-order valence-corrected chi connectivity index (χ1v) is 8.17. The molecule has 1 fully saturated rings. The van der Waals surface area contributed by atoms with Crippen molar-refractivity contribution in [2.75, 3.05) is 7.11 Å². The number of hydrogen-bond donors (Lipinski definition) is 0. The first-order chi connectivity index (χ1) is 10.7. The number of ether oxygens (including phenoxy) is 1. The molecule has 2 aromatic rings. The molecule has 0 aromatic heterocycles. The van der Waals surface area contributed by atoms with Crippen molar-refractivity contribution < 1.29 is 9.53 Å². The van der Waals surface area contributed by atoms with Crippen molar-refractivity contribution in [2.24, 2.45) is 0 Å². The number of carbonyl (C=O) groups is 1. The lowest BCUT2D eigenvalue weighted by Crippen LogP contribution is -2.32. The predicted octanol–water partition coefficient (Wildman–Crippen LogP) is 4.26. The maximum atomic E-state index is 13.0. The van der Waals surface area contributed by atoms with E-state index in [1.807, 2.05) is 35.2 Å². The Balaban J connectivity index is 1.87. The van der Waals surface area contributed by atoms with E-state index in [2.05, 4.69) is 28.1 Å². The summed E-state index contributed by atoms with van der Waals surface area (Å²) in [6.07, 6.45) is 2.17. The molecule has 0 bridgehead atoms. The van der Waals surface area contributed by atoms with Crippen LogP contribution in [0, 0.1) is 0 Å². The van der Waals surface area contributed by atoms with E-state index >= 15 is 0 Å². The van der Waals surface area contributed by atoms with Crippen LogP contribution in [0.25, 0.3) is 0 Å². The Hall–Kier alpha value is -1.81. The van der Waals surface area contributed by atoms with E-state index in [9.17, 15) is 4.79 Å². The van der Waals surface area contributed by atoms with Gasteiger partial charge in [0.1, 0.15) is 5.75 Å². The Labute approximate surface area is 139 Å². The molecule has 0 radical (unpaired) electrons.